The van der Waals surface area contributed by atoms with Crippen LogP contribution in [0.3, 0.4) is 0 Å². The molecule has 0 aromatic heterocycles. The maximum Gasteiger partial charge on any atom is 0.182 e. The van der Waals surface area contributed by atoms with Gasteiger partial charge in [-0.25, -0.2) is 0 Å². The zero-order valence-corrected chi connectivity index (χ0v) is 11.8. The molecule has 3 nitrogen and oxygen atoms in total. The third-order valence-electron chi connectivity index (χ3n) is 2.66. The molecule has 0 fully saturated rings. The van der Waals surface area contributed by atoms with Crippen LogP contribution >= 0.6 is 17.0 Å². The van der Waals surface area contributed by atoms with Crippen LogP contribution in [0.15, 0.2) is 36.7 Å². The zero-order chi connectivity index (χ0) is 11.5. The summed E-state index contributed by atoms with van der Waals surface area (Å²) in [7, 11) is 1.99. The van der Waals surface area contributed by atoms with Crippen molar-refractivity contribution in [1.82, 2.24) is 9.80 Å². The molecule has 92 valence electrons. The van der Waals surface area contributed by atoms with Crippen LogP contribution in [-0.4, -0.2) is 35.8 Å². The van der Waals surface area contributed by atoms with Gasteiger partial charge in [0.1, 0.15) is 0 Å². The average molecular weight is 297 g/mol. The number of hydrogen-bond donors (Lipinski definition) is 0. The second-order valence-electron chi connectivity index (χ2n) is 4.23. The topological polar surface area (TPSA) is 23.6 Å². The van der Waals surface area contributed by atoms with E-state index in [2.05, 4.69) is 0 Å². The molecule has 2 rings (SSSR count). The van der Waals surface area contributed by atoms with Gasteiger partial charge in [0.25, 0.3) is 0 Å². The Hall–Kier alpha value is -1.29. The van der Waals surface area contributed by atoms with Crippen LogP contribution in [-0.2, 0) is 0 Å². The Kier molecular flexibility index (Phi) is 4.75. The van der Waals surface area contributed by atoms with Gasteiger partial charge in [0.2, 0.25) is 0 Å². The summed E-state index contributed by atoms with van der Waals surface area (Å²) in [5, 5.41) is 0. The van der Waals surface area contributed by atoms with E-state index in [1.807, 2.05) is 60.4 Å². The molecule has 0 amide bonds. The first kappa shape index (κ1) is 13.8. The smallest absolute Gasteiger partial charge is 0.182 e. The lowest BCUT2D eigenvalue weighted by Crippen LogP contribution is -2.27. The highest BCUT2D eigenvalue weighted by atomic mass is 79.9. The Bertz CT molecular complexity index is 414. The standard InChI is InChI=1S/C13H16N2O.BrH/c1-11-3-5-12(6-4-11)13(16)9-15-8-7-14(2)10-15;/h3-8H,9-10H2,1-2H3;1H. The molecule has 1 heterocycles. The second kappa shape index (κ2) is 5.87. The highest BCUT2D eigenvalue weighted by Crippen LogP contribution is 2.08. The number of halogens is 1. The number of carbonyl (C=O) groups is 1. The van der Waals surface area contributed by atoms with Gasteiger partial charge in [0.05, 0.1) is 13.2 Å². The normalized spacial score (nSPS) is 13.8. The number of Topliss-reactive ketones (excluding diaryl/α,β-unsaturated/α-hetero) is 1. The molecule has 0 bridgehead atoms. The largest absolute Gasteiger partial charge is 0.362 e. The first-order valence-electron chi connectivity index (χ1n) is 5.37. The Balaban J connectivity index is 0.00000144. The minimum absolute atomic E-state index is 0. The van der Waals surface area contributed by atoms with E-state index in [9.17, 15) is 4.79 Å². The summed E-state index contributed by atoms with van der Waals surface area (Å²) < 4.78 is 0. The summed E-state index contributed by atoms with van der Waals surface area (Å²) in [5.41, 5.74) is 1.96. The molecule has 0 spiro atoms. The lowest BCUT2D eigenvalue weighted by Gasteiger charge is -2.17. The predicted molar refractivity (Wildman–Crippen MR) is 74.3 cm³/mol. The quantitative estimate of drug-likeness (QED) is 0.801. The van der Waals surface area contributed by atoms with E-state index in [1.165, 1.54) is 5.56 Å². The van der Waals surface area contributed by atoms with Crippen molar-refractivity contribution in [2.45, 2.75) is 6.92 Å². The fourth-order valence-corrected chi connectivity index (χ4v) is 1.71. The molecule has 1 aromatic rings. The molecule has 0 unspecified atom stereocenters. The van der Waals surface area contributed by atoms with E-state index in [1.54, 1.807) is 0 Å². The summed E-state index contributed by atoms with van der Waals surface area (Å²) in [6.07, 6.45) is 3.93. The van der Waals surface area contributed by atoms with Gasteiger partial charge in [-0.3, -0.25) is 4.79 Å². The number of hydrogen-bond acceptors (Lipinski definition) is 3. The molecule has 0 atom stereocenters. The first-order chi connectivity index (χ1) is 7.65. The summed E-state index contributed by atoms with van der Waals surface area (Å²) in [6.45, 7) is 3.26. The van der Waals surface area contributed by atoms with Crippen molar-refractivity contribution in [1.29, 1.82) is 0 Å². The Morgan fingerprint density at radius 3 is 2.41 bits per heavy atom. The molecule has 0 radical (unpaired) electrons. The van der Waals surface area contributed by atoms with Crippen molar-refractivity contribution in [3.8, 4) is 0 Å². The van der Waals surface area contributed by atoms with Gasteiger partial charge in [0, 0.05) is 25.0 Å². The van der Waals surface area contributed by atoms with Crippen LogP contribution < -0.4 is 0 Å². The van der Waals surface area contributed by atoms with Crippen molar-refractivity contribution in [3.63, 3.8) is 0 Å². The van der Waals surface area contributed by atoms with E-state index in [0.717, 1.165) is 12.2 Å². The summed E-state index contributed by atoms with van der Waals surface area (Å²) >= 11 is 0. The van der Waals surface area contributed by atoms with Crippen molar-refractivity contribution in [2.24, 2.45) is 0 Å². The van der Waals surface area contributed by atoms with Crippen molar-refractivity contribution in [2.75, 3.05) is 20.3 Å². The maximum atomic E-state index is 11.9. The van der Waals surface area contributed by atoms with Gasteiger partial charge in [-0.2, -0.15) is 0 Å². The molecule has 17 heavy (non-hydrogen) atoms. The molecule has 1 aliphatic rings. The minimum Gasteiger partial charge on any atom is -0.362 e. The van der Waals surface area contributed by atoms with Crippen LogP contribution in [0.5, 0.6) is 0 Å². The van der Waals surface area contributed by atoms with Crippen LogP contribution in [0.4, 0.5) is 0 Å². The number of rotatable bonds is 3. The SMILES string of the molecule is Br.Cc1ccc(C(=O)CN2C=CN(C)C2)cc1. The number of nitrogens with zero attached hydrogens (tertiary/aromatic N) is 2. The Morgan fingerprint density at radius 1 is 1.24 bits per heavy atom. The molecule has 1 aromatic carbocycles. The van der Waals surface area contributed by atoms with Crippen LogP contribution in [0.25, 0.3) is 0 Å². The van der Waals surface area contributed by atoms with E-state index >= 15 is 0 Å². The molecule has 0 aliphatic carbocycles. The fourth-order valence-electron chi connectivity index (χ4n) is 1.71. The number of carbonyl (C=O) groups excluding carboxylic acids is 1. The molecule has 1 aliphatic heterocycles. The molecule has 0 saturated carbocycles. The van der Waals surface area contributed by atoms with Crippen molar-refractivity contribution < 1.29 is 4.79 Å². The highest BCUT2D eigenvalue weighted by Gasteiger charge is 2.13. The highest BCUT2D eigenvalue weighted by molar-refractivity contribution is 8.93. The van der Waals surface area contributed by atoms with Gasteiger partial charge in [-0.15, -0.1) is 17.0 Å². The predicted octanol–water partition coefficient (Wildman–Crippen LogP) is 2.43. The summed E-state index contributed by atoms with van der Waals surface area (Å²) in [6, 6.07) is 7.72. The fraction of sp³-hybridized carbons (Fsp3) is 0.308. The van der Waals surface area contributed by atoms with Crippen molar-refractivity contribution in [3.05, 3.63) is 47.8 Å². The zero-order valence-electron chi connectivity index (χ0n) is 10.1. The van der Waals surface area contributed by atoms with Gasteiger partial charge in [-0.05, 0) is 6.92 Å². The van der Waals surface area contributed by atoms with Gasteiger partial charge < -0.3 is 9.80 Å². The third-order valence-corrected chi connectivity index (χ3v) is 2.66. The van der Waals surface area contributed by atoms with Gasteiger partial charge >= 0.3 is 0 Å². The van der Waals surface area contributed by atoms with Crippen LogP contribution in [0.2, 0.25) is 0 Å². The second-order valence-corrected chi connectivity index (χ2v) is 4.23. The van der Waals surface area contributed by atoms with E-state index in [4.69, 9.17) is 0 Å². The molecule has 0 saturated heterocycles. The third kappa shape index (κ3) is 3.60. The lowest BCUT2D eigenvalue weighted by atomic mass is 10.1. The number of benzene rings is 1. The molecular weight excluding hydrogens is 280 g/mol. The molecule has 4 heteroatoms. The van der Waals surface area contributed by atoms with Crippen molar-refractivity contribution >= 4 is 22.8 Å². The number of aryl methyl sites for hydroxylation is 1. The van der Waals surface area contributed by atoms with E-state index in [0.29, 0.717) is 6.54 Å². The van der Waals surface area contributed by atoms with E-state index < -0.39 is 0 Å². The van der Waals surface area contributed by atoms with E-state index in [-0.39, 0.29) is 22.8 Å². The Morgan fingerprint density at radius 2 is 1.88 bits per heavy atom. The van der Waals surface area contributed by atoms with Crippen LogP contribution in [0, 0.1) is 6.92 Å². The Labute approximate surface area is 112 Å². The average Bonchev–Trinajstić information content (AvgIpc) is 2.65. The lowest BCUT2D eigenvalue weighted by molar-refractivity contribution is 0.0948. The summed E-state index contributed by atoms with van der Waals surface area (Å²) in [5.74, 6) is 0.167. The summed E-state index contributed by atoms with van der Waals surface area (Å²) in [4.78, 5) is 16.0. The molecule has 0 N–H and O–H groups in total. The minimum atomic E-state index is 0. The number of ketones is 1. The maximum absolute atomic E-state index is 11.9. The monoisotopic (exact) mass is 296 g/mol. The van der Waals surface area contributed by atoms with Gasteiger partial charge in [0.15, 0.2) is 5.78 Å². The first-order valence-corrected chi connectivity index (χ1v) is 5.37. The van der Waals surface area contributed by atoms with Crippen LogP contribution in [0.1, 0.15) is 15.9 Å². The molecular formula is C13H17BrN2O. The van der Waals surface area contributed by atoms with Gasteiger partial charge in [-0.1, -0.05) is 29.8 Å².